The zero-order valence-corrected chi connectivity index (χ0v) is 12.9. The summed E-state index contributed by atoms with van der Waals surface area (Å²) in [6, 6.07) is 0. The van der Waals surface area contributed by atoms with Crippen LogP contribution in [-0.4, -0.2) is 43.1 Å². The summed E-state index contributed by atoms with van der Waals surface area (Å²) in [5.41, 5.74) is 8.09. The van der Waals surface area contributed by atoms with Gasteiger partial charge in [0.1, 0.15) is 0 Å². The summed E-state index contributed by atoms with van der Waals surface area (Å²) < 4.78 is 0.957. The standard InChI is InChI=1S/C13H21BrN4/c1-17(2)13(5-4-6-13)9-18(3)12-10(14)7-16-8-11(12)15/h7-8H,4-6,9,15H2,1-3H3. The monoisotopic (exact) mass is 312 g/mol. The van der Waals surface area contributed by atoms with E-state index in [-0.39, 0.29) is 0 Å². The molecule has 0 radical (unpaired) electrons. The van der Waals surface area contributed by atoms with Crippen molar-refractivity contribution in [3.05, 3.63) is 16.9 Å². The van der Waals surface area contributed by atoms with Crippen LogP contribution in [0.15, 0.2) is 16.9 Å². The third-order valence-electron chi connectivity index (χ3n) is 4.05. The maximum atomic E-state index is 6.03. The van der Waals surface area contributed by atoms with Gasteiger partial charge in [-0.2, -0.15) is 0 Å². The molecule has 1 fully saturated rings. The molecule has 0 amide bonds. The number of halogens is 1. The molecule has 5 heteroatoms. The van der Waals surface area contributed by atoms with Crippen LogP contribution >= 0.6 is 15.9 Å². The molecule has 4 nitrogen and oxygen atoms in total. The number of nitrogens with two attached hydrogens (primary N) is 1. The van der Waals surface area contributed by atoms with Crippen molar-refractivity contribution in [3.8, 4) is 0 Å². The molecule has 2 rings (SSSR count). The van der Waals surface area contributed by atoms with Gasteiger partial charge in [0.25, 0.3) is 0 Å². The Labute approximate surface area is 117 Å². The van der Waals surface area contributed by atoms with Gasteiger partial charge in [0.2, 0.25) is 0 Å². The molecule has 2 N–H and O–H groups in total. The Balaban J connectivity index is 2.19. The fourth-order valence-corrected chi connectivity index (χ4v) is 3.35. The van der Waals surface area contributed by atoms with Gasteiger partial charge < -0.3 is 15.5 Å². The van der Waals surface area contributed by atoms with E-state index in [1.807, 2.05) is 0 Å². The van der Waals surface area contributed by atoms with Gasteiger partial charge in [-0.3, -0.25) is 4.98 Å². The van der Waals surface area contributed by atoms with E-state index in [4.69, 9.17) is 5.73 Å². The molecular formula is C13H21BrN4. The maximum absolute atomic E-state index is 6.03. The molecule has 1 aliphatic rings. The molecule has 100 valence electrons. The molecule has 1 aliphatic carbocycles. The van der Waals surface area contributed by atoms with E-state index in [2.05, 4.69) is 51.9 Å². The third kappa shape index (κ3) is 2.34. The summed E-state index contributed by atoms with van der Waals surface area (Å²) >= 11 is 3.53. The molecule has 0 bridgehead atoms. The third-order valence-corrected chi connectivity index (χ3v) is 4.63. The average Bonchev–Trinajstić information content (AvgIpc) is 2.22. The van der Waals surface area contributed by atoms with Crippen molar-refractivity contribution in [2.45, 2.75) is 24.8 Å². The number of anilines is 2. The Morgan fingerprint density at radius 1 is 1.33 bits per heavy atom. The fraction of sp³-hybridized carbons (Fsp3) is 0.615. The minimum atomic E-state index is 0.296. The zero-order chi connectivity index (χ0) is 13.3. The van der Waals surface area contributed by atoms with Crippen LogP contribution in [0.2, 0.25) is 0 Å². The summed E-state index contributed by atoms with van der Waals surface area (Å²) in [5, 5.41) is 0. The molecule has 1 heterocycles. The first-order valence-corrected chi connectivity index (χ1v) is 7.03. The van der Waals surface area contributed by atoms with Crippen molar-refractivity contribution in [2.24, 2.45) is 0 Å². The highest BCUT2D eigenvalue weighted by molar-refractivity contribution is 9.10. The molecule has 0 aliphatic heterocycles. The second kappa shape index (κ2) is 5.05. The molecule has 0 spiro atoms. The van der Waals surface area contributed by atoms with Gasteiger partial charge in [0.15, 0.2) is 0 Å². The van der Waals surface area contributed by atoms with E-state index in [0.29, 0.717) is 5.54 Å². The number of hydrogen-bond acceptors (Lipinski definition) is 4. The lowest BCUT2D eigenvalue weighted by atomic mass is 9.75. The first-order valence-electron chi connectivity index (χ1n) is 6.24. The van der Waals surface area contributed by atoms with E-state index >= 15 is 0 Å². The van der Waals surface area contributed by atoms with E-state index in [1.165, 1.54) is 19.3 Å². The quantitative estimate of drug-likeness (QED) is 0.927. The summed E-state index contributed by atoms with van der Waals surface area (Å²) in [6.07, 6.45) is 7.34. The summed E-state index contributed by atoms with van der Waals surface area (Å²) in [7, 11) is 6.43. The van der Waals surface area contributed by atoms with Crippen molar-refractivity contribution < 1.29 is 0 Å². The summed E-state index contributed by atoms with van der Waals surface area (Å²) in [4.78, 5) is 8.67. The Bertz CT molecular complexity index is 409. The number of pyridine rings is 1. The van der Waals surface area contributed by atoms with E-state index in [1.54, 1.807) is 12.4 Å². The second-order valence-electron chi connectivity index (χ2n) is 5.39. The predicted molar refractivity (Wildman–Crippen MR) is 79.9 cm³/mol. The molecule has 18 heavy (non-hydrogen) atoms. The lowest BCUT2D eigenvalue weighted by Crippen LogP contribution is -2.56. The van der Waals surface area contributed by atoms with Crippen molar-refractivity contribution in [1.82, 2.24) is 9.88 Å². The van der Waals surface area contributed by atoms with Crippen LogP contribution in [-0.2, 0) is 0 Å². The summed E-state index contributed by atoms with van der Waals surface area (Å²) in [6.45, 7) is 0.993. The lowest BCUT2D eigenvalue weighted by Gasteiger charge is -2.49. The van der Waals surface area contributed by atoms with E-state index in [0.717, 1.165) is 22.4 Å². The first-order chi connectivity index (χ1) is 8.46. The van der Waals surface area contributed by atoms with Crippen molar-refractivity contribution in [2.75, 3.05) is 38.3 Å². The van der Waals surface area contributed by atoms with Crippen LogP contribution < -0.4 is 10.6 Å². The predicted octanol–water partition coefficient (Wildman–Crippen LogP) is 2.35. The maximum Gasteiger partial charge on any atom is 0.0774 e. The summed E-state index contributed by atoms with van der Waals surface area (Å²) in [5.74, 6) is 0. The smallest absolute Gasteiger partial charge is 0.0774 e. The topological polar surface area (TPSA) is 45.4 Å². The van der Waals surface area contributed by atoms with Crippen LogP contribution in [0.4, 0.5) is 11.4 Å². The van der Waals surface area contributed by atoms with Crippen LogP contribution in [0, 0.1) is 0 Å². The number of rotatable bonds is 4. The van der Waals surface area contributed by atoms with Gasteiger partial charge in [-0.15, -0.1) is 0 Å². The van der Waals surface area contributed by atoms with Crippen LogP contribution in [0.25, 0.3) is 0 Å². The molecule has 0 atom stereocenters. The van der Waals surface area contributed by atoms with Crippen molar-refractivity contribution in [3.63, 3.8) is 0 Å². The Hall–Kier alpha value is -0.810. The van der Waals surface area contributed by atoms with Gasteiger partial charge in [-0.1, -0.05) is 0 Å². The largest absolute Gasteiger partial charge is 0.396 e. The Morgan fingerprint density at radius 3 is 2.44 bits per heavy atom. The lowest BCUT2D eigenvalue weighted by molar-refractivity contribution is 0.0683. The van der Waals surface area contributed by atoms with Crippen molar-refractivity contribution >= 4 is 27.3 Å². The Morgan fingerprint density at radius 2 is 2.00 bits per heavy atom. The Kier molecular flexibility index (Phi) is 3.82. The van der Waals surface area contributed by atoms with Gasteiger partial charge in [0.05, 0.1) is 22.0 Å². The molecule has 0 unspecified atom stereocenters. The van der Waals surface area contributed by atoms with Gasteiger partial charge in [-0.05, 0) is 49.3 Å². The highest BCUT2D eigenvalue weighted by atomic mass is 79.9. The zero-order valence-electron chi connectivity index (χ0n) is 11.3. The van der Waals surface area contributed by atoms with Crippen LogP contribution in [0.1, 0.15) is 19.3 Å². The highest BCUT2D eigenvalue weighted by Crippen LogP contribution is 2.39. The SMILES string of the molecule is CN(CC1(N(C)C)CCC1)c1c(N)cncc1Br. The average molecular weight is 313 g/mol. The fourth-order valence-electron chi connectivity index (χ4n) is 2.70. The minimum Gasteiger partial charge on any atom is -0.396 e. The van der Waals surface area contributed by atoms with Crippen LogP contribution in [0.5, 0.6) is 0 Å². The molecule has 0 saturated heterocycles. The number of nitrogens with zero attached hydrogens (tertiary/aromatic N) is 3. The minimum absolute atomic E-state index is 0.296. The number of likely N-dealkylation sites (N-methyl/N-ethyl adjacent to an activating group) is 2. The van der Waals surface area contributed by atoms with Gasteiger partial charge in [-0.25, -0.2) is 0 Å². The highest BCUT2D eigenvalue weighted by Gasteiger charge is 2.40. The molecule has 1 aromatic rings. The number of aromatic nitrogens is 1. The molecule has 1 aromatic heterocycles. The molecule has 1 saturated carbocycles. The van der Waals surface area contributed by atoms with Crippen molar-refractivity contribution in [1.29, 1.82) is 0 Å². The van der Waals surface area contributed by atoms with E-state index < -0.39 is 0 Å². The normalized spacial score (nSPS) is 17.6. The second-order valence-corrected chi connectivity index (χ2v) is 6.24. The van der Waals surface area contributed by atoms with Gasteiger partial charge >= 0.3 is 0 Å². The molecule has 0 aromatic carbocycles. The first kappa shape index (κ1) is 13.6. The van der Waals surface area contributed by atoms with Gasteiger partial charge in [0, 0.05) is 25.3 Å². The molecular weight excluding hydrogens is 292 g/mol. The van der Waals surface area contributed by atoms with E-state index in [9.17, 15) is 0 Å². The number of hydrogen-bond donors (Lipinski definition) is 1. The van der Waals surface area contributed by atoms with Crippen LogP contribution in [0.3, 0.4) is 0 Å². The number of nitrogen functional groups attached to an aromatic ring is 1.